The summed E-state index contributed by atoms with van der Waals surface area (Å²) in [6.45, 7) is 3.97. The lowest BCUT2D eigenvalue weighted by molar-refractivity contribution is 0.275. The van der Waals surface area contributed by atoms with E-state index in [1.54, 1.807) is 0 Å². The number of aromatic nitrogens is 2. The Labute approximate surface area is 76.7 Å². The van der Waals surface area contributed by atoms with E-state index in [1.807, 2.05) is 36.6 Å². The van der Waals surface area contributed by atoms with Crippen molar-refractivity contribution < 1.29 is 5.11 Å². The highest BCUT2D eigenvalue weighted by molar-refractivity contribution is 5.49. The van der Waals surface area contributed by atoms with Crippen molar-refractivity contribution in [3.8, 4) is 0 Å². The molecule has 2 heterocycles. The minimum atomic E-state index is 0.0381. The van der Waals surface area contributed by atoms with Crippen LogP contribution in [0, 0.1) is 13.8 Å². The summed E-state index contributed by atoms with van der Waals surface area (Å²) in [5, 5.41) is 9.14. The molecule has 0 bridgehead atoms. The summed E-state index contributed by atoms with van der Waals surface area (Å²) in [4.78, 5) is 4.39. The first-order valence-electron chi connectivity index (χ1n) is 4.28. The Morgan fingerprint density at radius 2 is 2.23 bits per heavy atom. The third kappa shape index (κ3) is 1.12. The maximum Gasteiger partial charge on any atom is 0.140 e. The monoisotopic (exact) mass is 176 g/mol. The molecule has 2 aromatic heterocycles. The summed E-state index contributed by atoms with van der Waals surface area (Å²) >= 11 is 0. The molecule has 3 nitrogen and oxygen atoms in total. The topological polar surface area (TPSA) is 37.5 Å². The average molecular weight is 176 g/mol. The fourth-order valence-electron chi connectivity index (χ4n) is 1.56. The maximum absolute atomic E-state index is 9.14. The lowest BCUT2D eigenvalue weighted by Crippen LogP contribution is -1.93. The number of fused-ring (bicyclic) bond motifs is 1. The molecule has 68 valence electrons. The number of pyridine rings is 1. The van der Waals surface area contributed by atoms with Gasteiger partial charge >= 0.3 is 0 Å². The van der Waals surface area contributed by atoms with Crippen LogP contribution >= 0.6 is 0 Å². The van der Waals surface area contributed by atoms with Gasteiger partial charge in [-0.1, -0.05) is 6.07 Å². The molecule has 0 aromatic carbocycles. The first-order valence-corrected chi connectivity index (χ1v) is 4.28. The Morgan fingerprint density at radius 3 is 2.92 bits per heavy atom. The Morgan fingerprint density at radius 1 is 1.46 bits per heavy atom. The van der Waals surface area contributed by atoms with E-state index in [0.717, 1.165) is 22.6 Å². The number of imidazole rings is 1. The van der Waals surface area contributed by atoms with Crippen LogP contribution in [-0.4, -0.2) is 14.5 Å². The van der Waals surface area contributed by atoms with E-state index in [1.165, 1.54) is 0 Å². The maximum atomic E-state index is 9.14. The molecule has 0 aliphatic heterocycles. The van der Waals surface area contributed by atoms with Gasteiger partial charge in [-0.15, -0.1) is 0 Å². The molecule has 3 heteroatoms. The highest BCUT2D eigenvalue weighted by atomic mass is 16.3. The predicted molar refractivity (Wildman–Crippen MR) is 50.6 cm³/mol. The fourth-order valence-corrected chi connectivity index (χ4v) is 1.56. The Kier molecular flexibility index (Phi) is 1.81. The molecule has 0 spiro atoms. The third-order valence-electron chi connectivity index (χ3n) is 2.29. The van der Waals surface area contributed by atoms with Gasteiger partial charge in [0.05, 0.1) is 18.0 Å². The lowest BCUT2D eigenvalue weighted by Gasteiger charge is -1.99. The van der Waals surface area contributed by atoms with Gasteiger partial charge in [0.15, 0.2) is 0 Å². The molecular weight excluding hydrogens is 164 g/mol. The van der Waals surface area contributed by atoms with Crippen LogP contribution in [0.3, 0.4) is 0 Å². The molecule has 0 radical (unpaired) electrons. The number of hydrogen-bond acceptors (Lipinski definition) is 2. The van der Waals surface area contributed by atoms with Crippen molar-refractivity contribution in [2.45, 2.75) is 20.5 Å². The molecule has 0 saturated carbocycles. The van der Waals surface area contributed by atoms with Crippen molar-refractivity contribution in [3.63, 3.8) is 0 Å². The van der Waals surface area contributed by atoms with Gasteiger partial charge in [-0.3, -0.25) is 0 Å². The van der Waals surface area contributed by atoms with Crippen LogP contribution in [0.2, 0.25) is 0 Å². The normalized spacial score (nSPS) is 11.0. The average Bonchev–Trinajstić information content (AvgIpc) is 2.43. The van der Waals surface area contributed by atoms with Crippen molar-refractivity contribution >= 4 is 5.65 Å². The van der Waals surface area contributed by atoms with Crippen LogP contribution in [0.4, 0.5) is 0 Å². The Hall–Kier alpha value is -1.35. The van der Waals surface area contributed by atoms with Crippen LogP contribution in [0.25, 0.3) is 5.65 Å². The lowest BCUT2D eigenvalue weighted by atomic mass is 10.3. The van der Waals surface area contributed by atoms with Crippen molar-refractivity contribution in [1.82, 2.24) is 9.38 Å². The SMILES string of the molecule is Cc1nc2c(C)cccn2c1CO. The van der Waals surface area contributed by atoms with Crippen molar-refractivity contribution in [2.24, 2.45) is 0 Å². The first-order chi connectivity index (χ1) is 6.24. The number of rotatable bonds is 1. The van der Waals surface area contributed by atoms with E-state index >= 15 is 0 Å². The molecule has 2 aromatic rings. The van der Waals surface area contributed by atoms with Crippen molar-refractivity contribution in [1.29, 1.82) is 0 Å². The van der Waals surface area contributed by atoms with E-state index in [9.17, 15) is 0 Å². The smallest absolute Gasteiger partial charge is 0.140 e. The quantitative estimate of drug-likeness (QED) is 0.714. The van der Waals surface area contributed by atoms with Crippen LogP contribution in [0.5, 0.6) is 0 Å². The zero-order valence-corrected chi connectivity index (χ0v) is 7.78. The van der Waals surface area contributed by atoms with Gasteiger partial charge in [-0.2, -0.15) is 0 Å². The molecule has 0 unspecified atom stereocenters. The van der Waals surface area contributed by atoms with Gasteiger partial charge < -0.3 is 9.51 Å². The largest absolute Gasteiger partial charge is 0.390 e. The highest BCUT2D eigenvalue weighted by Gasteiger charge is 2.07. The van der Waals surface area contributed by atoms with Gasteiger partial charge in [0, 0.05) is 6.20 Å². The van der Waals surface area contributed by atoms with E-state index in [0.29, 0.717) is 0 Å². The molecular formula is C10H12N2O. The summed E-state index contributed by atoms with van der Waals surface area (Å²) in [5.41, 5.74) is 3.84. The second-order valence-electron chi connectivity index (χ2n) is 3.19. The minimum absolute atomic E-state index is 0.0381. The van der Waals surface area contributed by atoms with Gasteiger partial charge in [0.25, 0.3) is 0 Å². The summed E-state index contributed by atoms with van der Waals surface area (Å²) in [6, 6.07) is 3.98. The summed E-state index contributed by atoms with van der Waals surface area (Å²) in [5.74, 6) is 0. The van der Waals surface area contributed by atoms with Crippen LogP contribution in [-0.2, 0) is 6.61 Å². The standard InChI is InChI=1S/C10H12N2O/c1-7-4-3-5-12-9(6-13)8(2)11-10(7)12/h3-5,13H,6H2,1-2H3. The predicted octanol–water partition coefficient (Wildman–Crippen LogP) is 1.44. The zero-order valence-electron chi connectivity index (χ0n) is 7.78. The molecule has 0 aliphatic rings. The Bertz CT molecular complexity index is 445. The number of aliphatic hydroxyl groups excluding tert-OH is 1. The number of aliphatic hydroxyl groups is 1. The second-order valence-corrected chi connectivity index (χ2v) is 3.19. The molecule has 0 amide bonds. The van der Waals surface area contributed by atoms with Crippen molar-refractivity contribution in [3.05, 3.63) is 35.3 Å². The zero-order chi connectivity index (χ0) is 9.42. The number of hydrogen-bond donors (Lipinski definition) is 1. The van der Waals surface area contributed by atoms with E-state index in [-0.39, 0.29) is 6.61 Å². The van der Waals surface area contributed by atoms with Crippen LogP contribution in [0.15, 0.2) is 18.3 Å². The van der Waals surface area contributed by atoms with Crippen LogP contribution in [0.1, 0.15) is 17.0 Å². The minimum Gasteiger partial charge on any atom is -0.390 e. The van der Waals surface area contributed by atoms with Gasteiger partial charge in [0.1, 0.15) is 5.65 Å². The molecule has 0 atom stereocenters. The molecule has 0 aliphatic carbocycles. The highest BCUT2D eigenvalue weighted by Crippen LogP contribution is 2.14. The molecule has 13 heavy (non-hydrogen) atoms. The number of aryl methyl sites for hydroxylation is 2. The van der Waals surface area contributed by atoms with Gasteiger partial charge in [0.2, 0.25) is 0 Å². The first kappa shape index (κ1) is 8.26. The van der Waals surface area contributed by atoms with E-state index < -0.39 is 0 Å². The molecule has 1 N–H and O–H groups in total. The molecule has 2 rings (SSSR count). The van der Waals surface area contributed by atoms with E-state index in [2.05, 4.69) is 4.98 Å². The third-order valence-corrected chi connectivity index (χ3v) is 2.29. The number of nitrogens with zero attached hydrogens (tertiary/aromatic N) is 2. The van der Waals surface area contributed by atoms with Crippen molar-refractivity contribution in [2.75, 3.05) is 0 Å². The second kappa shape index (κ2) is 2.85. The van der Waals surface area contributed by atoms with E-state index in [4.69, 9.17) is 5.11 Å². The Balaban J connectivity index is 2.86. The van der Waals surface area contributed by atoms with Crippen LogP contribution < -0.4 is 0 Å². The fraction of sp³-hybridized carbons (Fsp3) is 0.300. The van der Waals surface area contributed by atoms with Gasteiger partial charge in [-0.05, 0) is 25.5 Å². The summed E-state index contributed by atoms with van der Waals surface area (Å²) < 4.78 is 1.94. The summed E-state index contributed by atoms with van der Waals surface area (Å²) in [6.07, 6.45) is 1.92. The molecule has 0 fully saturated rings. The molecule has 0 saturated heterocycles. The summed E-state index contributed by atoms with van der Waals surface area (Å²) in [7, 11) is 0. The van der Waals surface area contributed by atoms with Gasteiger partial charge in [-0.25, -0.2) is 4.98 Å².